The zero-order chi connectivity index (χ0) is 17.5. The van der Waals surface area contributed by atoms with Crippen molar-refractivity contribution >= 4 is 6.03 Å². The number of aromatic nitrogens is 2. The Balaban J connectivity index is 1.88. The van der Waals surface area contributed by atoms with Crippen LogP contribution in [0, 0.1) is 12.8 Å². The van der Waals surface area contributed by atoms with Gasteiger partial charge in [0.15, 0.2) is 0 Å². The van der Waals surface area contributed by atoms with Gasteiger partial charge < -0.3 is 20.3 Å². The highest BCUT2D eigenvalue weighted by molar-refractivity contribution is 5.74. The number of rotatable bonds is 7. The first-order valence-electron chi connectivity index (χ1n) is 8.20. The Kier molecular flexibility index (Phi) is 6.37. The highest BCUT2D eigenvalue weighted by Gasteiger charge is 2.13. The zero-order valence-electron chi connectivity index (χ0n) is 14.5. The second-order valence-electron chi connectivity index (χ2n) is 6.20. The molecule has 0 aliphatic heterocycles. The van der Waals surface area contributed by atoms with E-state index in [2.05, 4.69) is 32.3 Å². The van der Waals surface area contributed by atoms with Crippen molar-refractivity contribution in [2.75, 3.05) is 6.61 Å². The Bertz CT molecular complexity index is 669. The van der Waals surface area contributed by atoms with Crippen LogP contribution < -0.4 is 10.6 Å². The number of imidazole rings is 1. The molecule has 0 aliphatic rings. The Morgan fingerprint density at radius 3 is 2.75 bits per heavy atom. The van der Waals surface area contributed by atoms with E-state index in [0.29, 0.717) is 6.54 Å². The number of carbonyl (C=O) groups excluding carboxylic acids is 1. The van der Waals surface area contributed by atoms with Crippen molar-refractivity contribution < 1.29 is 9.90 Å². The fraction of sp³-hybridized carbons (Fsp3) is 0.444. The lowest BCUT2D eigenvalue weighted by atomic mass is 10.1. The van der Waals surface area contributed by atoms with Gasteiger partial charge in [0.2, 0.25) is 0 Å². The molecule has 6 nitrogen and oxygen atoms in total. The van der Waals surface area contributed by atoms with E-state index in [0.717, 1.165) is 23.5 Å². The zero-order valence-corrected chi connectivity index (χ0v) is 14.5. The number of nitrogens with zero attached hydrogens (tertiary/aromatic N) is 2. The number of carbonyl (C=O) groups is 1. The molecule has 0 radical (unpaired) electrons. The molecule has 0 bridgehead atoms. The lowest BCUT2D eigenvalue weighted by Gasteiger charge is -2.19. The molecule has 2 amide bonds. The van der Waals surface area contributed by atoms with Crippen molar-refractivity contribution in [1.29, 1.82) is 0 Å². The van der Waals surface area contributed by atoms with Crippen LogP contribution in [0.3, 0.4) is 0 Å². The molecule has 130 valence electrons. The fourth-order valence-electron chi connectivity index (χ4n) is 2.35. The molecule has 2 atom stereocenters. The summed E-state index contributed by atoms with van der Waals surface area (Å²) in [5, 5.41) is 14.8. The Hall–Kier alpha value is -2.34. The summed E-state index contributed by atoms with van der Waals surface area (Å²) in [4.78, 5) is 16.1. The SMILES string of the molecule is Cc1nccn1Cc1cccc(CNC(=O)NC(C)C(C)CO)c1. The van der Waals surface area contributed by atoms with Gasteiger partial charge in [0, 0.05) is 38.1 Å². The Morgan fingerprint density at radius 2 is 2.08 bits per heavy atom. The summed E-state index contributed by atoms with van der Waals surface area (Å²) in [6.07, 6.45) is 3.75. The maximum atomic E-state index is 11.9. The number of urea groups is 1. The van der Waals surface area contributed by atoms with Crippen LogP contribution in [0.2, 0.25) is 0 Å². The minimum atomic E-state index is -0.223. The van der Waals surface area contributed by atoms with Crippen LogP contribution in [-0.2, 0) is 13.1 Å². The highest BCUT2D eigenvalue weighted by Crippen LogP contribution is 2.09. The van der Waals surface area contributed by atoms with Crippen LogP contribution in [0.15, 0.2) is 36.7 Å². The van der Waals surface area contributed by atoms with Crippen molar-refractivity contribution in [3.8, 4) is 0 Å². The molecular formula is C18H26N4O2. The van der Waals surface area contributed by atoms with Crippen LogP contribution in [-0.4, -0.2) is 33.3 Å². The number of aryl methyl sites for hydroxylation is 1. The van der Waals surface area contributed by atoms with Crippen molar-refractivity contribution in [2.45, 2.75) is 39.9 Å². The molecule has 0 spiro atoms. The van der Waals surface area contributed by atoms with Crippen molar-refractivity contribution in [2.24, 2.45) is 5.92 Å². The lowest BCUT2D eigenvalue weighted by Crippen LogP contribution is -2.43. The summed E-state index contributed by atoms with van der Waals surface area (Å²) in [7, 11) is 0. The first-order chi connectivity index (χ1) is 11.5. The van der Waals surface area contributed by atoms with E-state index in [1.807, 2.05) is 39.1 Å². The smallest absolute Gasteiger partial charge is 0.315 e. The van der Waals surface area contributed by atoms with Crippen LogP contribution in [0.4, 0.5) is 4.79 Å². The number of aliphatic hydroxyl groups excluding tert-OH is 1. The fourth-order valence-corrected chi connectivity index (χ4v) is 2.35. The van der Waals surface area contributed by atoms with Crippen LogP contribution in [0.5, 0.6) is 0 Å². The topological polar surface area (TPSA) is 79.2 Å². The molecular weight excluding hydrogens is 304 g/mol. The highest BCUT2D eigenvalue weighted by atomic mass is 16.3. The number of aliphatic hydroxyl groups is 1. The minimum Gasteiger partial charge on any atom is -0.396 e. The van der Waals surface area contributed by atoms with E-state index in [9.17, 15) is 4.79 Å². The quantitative estimate of drug-likeness (QED) is 0.727. The van der Waals surface area contributed by atoms with Gasteiger partial charge >= 0.3 is 6.03 Å². The van der Waals surface area contributed by atoms with Gasteiger partial charge in [0.25, 0.3) is 0 Å². The minimum absolute atomic E-state index is 0.0255. The third kappa shape index (κ3) is 5.09. The molecule has 1 aromatic heterocycles. The van der Waals surface area contributed by atoms with E-state index in [1.54, 1.807) is 6.20 Å². The van der Waals surface area contributed by atoms with Gasteiger partial charge in [-0.15, -0.1) is 0 Å². The van der Waals surface area contributed by atoms with Gasteiger partial charge in [0.1, 0.15) is 5.82 Å². The molecule has 6 heteroatoms. The third-order valence-corrected chi connectivity index (χ3v) is 4.22. The van der Waals surface area contributed by atoms with Crippen LogP contribution >= 0.6 is 0 Å². The van der Waals surface area contributed by atoms with Gasteiger partial charge in [-0.25, -0.2) is 9.78 Å². The van der Waals surface area contributed by atoms with Crippen molar-refractivity contribution in [1.82, 2.24) is 20.2 Å². The van der Waals surface area contributed by atoms with E-state index in [4.69, 9.17) is 5.11 Å². The van der Waals surface area contributed by atoms with Crippen LogP contribution in [0.1, 0.15) is 30.8 Å². The maximum Gasteiger partial charge on any atom is 0.315 e. The normalized spacial score (nSPS) is 13.3. The average Bonchev–Trinajstić information content (AvgIpc) is 2.97. The molecule has 24 heavy (non-hydrogen) atoms. The lowest BCUT2D eigenvalue weighted by molar-refractivity contribution is 0.200. The predicted octanol–water partition coefficient (Wildman–Crippen LogP) is 2.06. The van der Waals surface area contributed by atoms with Gasteiger partial charge in [-0.1, -0.05) is 31.2 Å². The Morgan fingerprint density at radius 1 is 1.33 bits per heavy atom. The van der Waals surface area contributed by atoms with E-state index in [-0.39, 0.29) is 24.6 Å². The summed E-state index contributed by atoms with van der Waals surface area (Å²) in [5.74, 6) is 1.00. The van der Waals surface area contributed by atoms with Gasteiger partial charge in [-0.2, -0.15) is 0 Å². The number of amides is 2. The largest absolute Gasteiger partial charge is 0.396 e. The summed E-state index contributed by atoms with van der Waals surface area (Å²) >= 11 is 0. The maximum absolute atomic E-state index is 11.9. The predicted molar refractivity (Wildman–Crippen MR) is 93.6 cm³/mol. The van der Waals surface area contributed by atoms with Crippen molar-refractivity contribution in [3.05, 3.63) is 53.6 Å². The first-order valence-corrected chi connectivity index (χ1v) is 8.20. The number of benzene rings is 1. The van der Waals surface area contributed by atoms with E-state index < -0.39 is 0 Å². The molecule has 0 fully saturated rings. The molecule has 2 unspecified atom stereocenters. The Labute approximate surface area is 142 Å². The van der Waals surface area contributed by atoms with Crippen LogP contribution in [0.25, 0.3) is 0 Å². The molecule has 2 rings (SSSR count). The number of hydrogen-bond donors (Lipinski definition) is 3. The average molecular weight is 330 g/mol. The molecule has 0 saturated heterocycles. The summed E-state index contributed by atoms with van der Waals surface area (Å²) in [5.41, 5.74) is 2.21. The van der Waals surface area contributed by atoms with E-state index >= 15 is 0 Å². The summed E-state index contributed by atoms with van der Waals surface area (Å²) in [6, 6.07) is 7.83. The second kappa shape index (κ2) is 8.49. The molecule has 3 N–H and O–H groups in total. The molecule has 1 aromatic carbocycles. The monoisotopic (exact) mass is 330 g/mol. The van der Waals surface area contributed by atoms with Gasteiger partial charge in [0.05, 0.1) is 0 Å². The molecule has 0 saturated carbocycles. The summed E-state index contributed by atoms with van der Waals surface area (Å²) in [6.45, 7) is 7.03. The van der Waals surface area contributed by atoms with Gasteiger partial charge in [-0.05, 0) is 30.9 Å². The van der Waals surface area contributed by atoms with Gasteiger partial charge in [-0.3, -0.25) is 0 Å². The number of nitrogens with one attached hydrogen (secondary N) is 2. The molecule has 2 aromatic rings. The summed E-state index contributed by atoms with van der Waals surface area (Å²) < 4.78 is 2.08. The first kappa shape index (κ1) is 18.0. The standard InChI is InChI=1S/C18H26N4O2/c1-13(12-23)14(2)21-18(24)20-10-16-5-4-6-17(9-16)11-22-8-7-19-15(22)3/h4-9,13-14,23H,10-12H2,1-3H3,(H2,20,21,24). The van der Waals surface area contributed by atoms with E-state index in [1.165, 1.54) is 0 Å². The third-order valence-electron chi connectivity index (χ3n) is 4.22. The molecule has 0 aliphatic carbocycles. The molecule has 1 heterocycles. The second-order valence-corrected chi connectivity index (χ2v) is 6.20. The number of hydrogen-bond acceptors (Lipinski definition) is 3. The van der Waals surface area contributed by atoms with Crippen molar-refractivity contribution in [3.63, 3.8) is 0 Å².